The maximum atomic E-state index is 12.8. The van der Waals surface area contributed by atoms with Crippen LogP contribution in [0.1, 0.15) is 12.0 Å². The van der Waals surface area contributed by atoms with Crippen molar-refractivity contribution < 1.29 is 26.7 Å². The first-order valence-corrected chi connectivity index (χ1v) is 10.2. The SMILES string of the molecule is COc1nc(NS(=O)(=O)c2c[nH]c3c(OC)c(Cl)ccc23)ncc1CCC(F)F. The maximum absolute atomic E-state index is 12.8. The molecule has 2 N–H and O–H groups in total. The summed E-state index contributed by atoms with van der Waals surface area (Å²) in [5.41, 5.74) is 0.767. The van der Waals surface area contributed by atoms with Gasteiger partial charge in [0.25, 0.3) is 10.0 Å². The van der Waals surface area contributed by atoms with Crippen LogP contribution in [0.4, 0.5) is 14.7 Å². The van der Waals surface area contributed by atoms with Crippen LogP contribution in [0.25, 0.3) is 10.9 Å². The molecule has 3 aromatic rings. The third-order valence-corrected chi connectivity index (χ3v) is 5.76. The fourth-order valence-electron chi connectivity index (χ4n) is 2.77. The van der Waals surface area contributed by atoms with Crippen molar-refractivity contribution in [2.75, 3.05) is 18.9 Å². The van der Waals surface area contributed by atoms with Gasteiger partial charge < -0.3 is 14.5 Å². The number of halogens is 3. The summed E-state index contributed by atoms with van der Waals surface area (Å²) in [5, 5.41) is 0.686. The molecule has 29 heavy (non-hydrogen) atoms. The fourth-order valence-corrected chi connectivity index (χ4v) is 4.13. The number of rotatable bonds is 8. The topological polar surface area (TPSA) is 106 Å². The second kappa shape index (κ2) is 8.37. The van der Waals surface area contributed by atoms with Gasteiger partial charge in [0.2, 0.25) is 18.3 Å². The van der Waals surface area contributed by atoms with Crippen LogP contribution in [-0.4, -0.2) is 44.0 Å². The highest BCUT2D eigenvalue weighted by atomic mass is 35.5. The van der Waals surface area contributed by atoms with Crippen molar-refractivity contribution in [1.82, 2.24) is 15.0 Å². The van der Waals surface area contributed by atoms with Crippen LogP contribution in [0.2, 0.25) is 5.02 Å². The van der Waals surface area contributed by atoms with E-state index >= 15 is 0 Å². The van der Waals surface area contributed by atoms with Crippen molar-refractivity contribution in [3.63, 3.8) is 0 Å². The molecule has 0 atom stereocenters. The zero-order valence-corrected chi connectivity index (χ0v) is 16.9. The van der Waals surface area contributed by atoms with Crippen molar-refractivity contribution in [3.8, 4) is 11.6 Å². The largest absolute Gasteiger partial charge is 0.493 e. The molecule has 2 aromatic heterocycles. The molecule has 0 bridgehead atoms. The van der Waals surface area contributed by atoms with E-state index < -0.39 is 16.4 Å². The highest BCUT2D eigenvalue weighted by Gasteiger charge is 2.23. The molecule has 0 spiro atoms. The van der Waals surface area contributed by atoms with E-state index in [1.54, 1.807) is 6.07 Å². The molecular weight excluding hydrogens is 430 g/mol. The predicted octanol–water partition coefficient (Wildman–Crippen LogP) is 3.63. The van der Waals surface area contributed by atoms with E-state index in [2.05, 4.69) is 19.7 Å². The van der Waals surface area contributed by atoms with E-state index in [1.807, 2.05) is 0 Å². The van der Waals surface area contributed by atoms with Gasteiger partial charge in [-0.3, -0.25) is 0 Å². The third kappa shape index (κ3) is 4.35. The lowest BCUT2D eigenvalue weighted by molar-refractivity contribution is 0.137. The summed E-state index contributed by atoms with van der Waals surface area (Å²) in [6.07, 6.45) is -0.323. The first-order chi connectivity index (χ1) is 13.8. The van der Waals surface area contributed by atoms with Crippen LogP contribution in [0.15, 0.2) is 29.4 Å². The summed E-state index contributed by atoms with van der Waals surface area (Å²) in [6, 6.07) is 3.06. The summed E-state index contributed by atoms with van der Waals surface area (Å²) < 4.78 is 63.1. The highest BCUT2D eigenvalue weighted by Crippen LogP contribution is 2.35. The van der Waals surface area contributed by atoms with Crippen LogP contribution in [-0.2, 0) is 16.4 Å². The van der Waals surface area contributed by atoms with Crippen LogP contribution < -0.4 is 14.2 Å². The van der Waals surface area contributed by atoms with Gasteiger partial charge >= 0.3 is 0 Å². The van der Waals surface area contributed by atoms with Gasteiger partial charge in [-0.1, -0.05) is 11.6 Å². The molecule has 0 saturated heterocycles. The number of aromatic amines is 1. The number of nitrogens with zero attached hydrogens (tertiary/aromatic N) is 2. The number of fused-ring (bicyclic) bond motifs is 1. The number of alkyl halides is 2. The number of benzene rings is 1. The summed E-state index contributed by atoms with van der Waals surface area (Å²) in [5.74, 6) is 0.0792. The summed E-state index contributed by atoms with van der Waals surface area (Å²) in [4.78, 5) is 10.6. The van der Waals surface area contributed by atoms with Gasteiger partial charge in [-0.25, -0.2) is 26.9 Å². The molecule has 0 aliphatic rings. The molecule has 12 heteroatoms. The Hall–Kier alpha value is -2.66. The van der Waals surface area contributed by atoms with E-state index in [0.717, 1.165) is 0 Å². The minimum Gasteiger partial charge on any atom is -0.493 e. The number of sulfonamides is 1. The van der Waals surface area contributed by atoms with Crippen LogP contribution in [0.5, 0.6) is 11.6 Å². The average molecular weight is 447 g/mol. The number of hydrogen-bond donors (Lipinski definition) is 2. The number of hydrogen-bond acceptors (Lipinski definition) is 6. The lowest BCUT2D eigenvalue weighted by atomic mass is 10.2. The molecule has 156 valence electrons. The Morgan fingerprint density at radius 2 is 2.03 bits per heavy atom. The minimum absolute atomic E-state index is 0.00310. The lowest BCUT2D eigenvalue weighted by Gasteiger charge is -2.10. The smallest absolute Gasteiger partial charge is 0.266 e. The molecule has 0 amide bonds. The Morgan fingerprint density at radius 1 is 1.28 bits per heavy atom. The number of nitrogens with one attached hydrogen (secondary N) is 2. The molecule has 2 heterocycles. The molecule has 3 rings (SSSR count). The lowest BCUT2D eigenvalue weighted by Crippen LogP contribution is -2.15. The average Bonchev–Trinajstić information content (AvgIpc) is 3.11. The molecule has 0 fully saturated rings. The number of ether oxygens (including phenoxy) is 2. The van der Waals surface area contributed by atoms with Crippen LogP contribution >= 0.6 is 11.6 Å². The van der Waals surface area contributed by atoms with E-state index in [1.165, 1.54) is 32.7 Å². The standard InChI is InChI=1S/C17H17ClF2N4O4S/c1-27-15-11(18)5-4-10-12(8-21-14(10)15)29(25,26)24-17-22-7-9(3-6-13(19)20)16(23-17)28-2/h4-5,7-8,13,21H,3,6H2,1-2H3,(H,22,23,24). The second-order valence-electron chi connectivity index (χ2n) is 5.92. The zero-order chi connectivity index (χ0) is 21.2. The molecule has 8 nitrogen and oxygen atoms in total. The summed E-state index contributed by atoms with van der Waals surface area (Å²) in [7, 11) is -1.35. The first kappa shape index (κ1) is 21.1. The molecule has 0 aliphatic carbocycles. The molecular formula is C17H17ClF2N4O4S. The van der Waals surface area contributed by atoms with Crippen molar-refractivity contribution >= 4 is 38.5 Å². The van der Waals surface area contributed by atoms with Crippen LogP contribution in [0, 0.1) is 0 Å². The number of aromatic nitrogens is 3. The highest BCUT2D eigenvalue weighted by molar-refractivity contribution is 7.93. The molecule has 1 aromatic carbocycles. The van der Waals surface area contributed by atoms with Gasteiger partial charge in [0.05, 0.1) is 24.8 Å². The van der Waals surface area contributed by atoms with Gasteiger partial charge in [0.15, 0.2) is 5.75 Å². The van der Waals surface area contributed by atoms with Crippen molar-refractivity contribution in [1.29, 1.82) is 0 Å². The van der Waals surface area contributed by atoms with E-state index in [9.17, 15) is 17.2 Å². The second-order valence-corrected chi connectivity index (χ2v) is 7.98. The number of aryl methyl sites for hydroxylation is 1. The van der Waals surface area contributed by atoms with Crippen molar-refractivity contribution in [3.05, 3.63) is 35.1 Å². The number of methoxy groups -OCH3 is 2. The minimum atomic E-state index is -4.08. The predicted molar refractivity (Wildman–Crippen MR) is 104 cm³/mol. The third-order valence-electron chi connectivity index (χ3n) is 4.09. The van der Waals surface area contributed by atoms with E-state index in [-0.39, 0.29) is 29.6 Å². The quantitative estimate of drug-likeness (QED) is 0.547. The Balaban J connectivity index is 1.93. The zero-order valence-electron chi connectivity index (χ0n) is 15.4. The first-order valence-electron chi connectivity index (χ1n) is 8.31. The van der Waals surface area contributed by atoms with Gasteiger partial charge in [-0.05, 0) is 18.6 Å². The normalized spacial score (nSPS) is 11.8. The van der Waals surface area contributed by atoms with Crippen LogP contribution in [0.3, 0.4) is 0 Å². The van der Waals surface area contributed by atoms with Crippen molar-refractivity contribution in [2.45, 2.75) is 24.2 Å². The Kier molecular flexibility index (Phi) is 6.08. The van der Waals surface area contributed by atoms with E-state index in [4.69, 9.17) is 21.1 Å². The van der Waals surface area contributed by atoms with Gasteiger partial charge in [0, 0.05) is 29.8 Å². The number of anilines is 1. The Labute approximate surface area is 170 Å². The monoisotopic (exact) mass is 446 g/mol. The summed E-state index contributed by atoms with van der Waals surface area (Å²) in [6.45, 7) is 0. The van der Waals surface area contributed by atoms with Gasteiger partial charge in [0.1, 0.15) is 4.90 Å². The van der Waals surface area contributed by atoms with Gasteiger partial charge in [-0.2, -0.15) is 4.98 Å². The molecule has 0 radical (unpaired) electrons. The molecule has 0 saturated carbocycles. The van der Waals surface area contributed by atoms with E-state index in [0.29, 0.717) is 27.2 Å². The fraction of sp³-hybridized carbons (Fsp3) is 0.294. The summed E-state index contributed by atoms with van der Waals surface area (Å²) >= 11 is 6.06. The van der Waals surface area contributed by atoms with Crippen molar-refractivity contribution in [2.24, 2.45) is 0 Å². The maximum Gasteiger partial charge on any atom is 0.266 e. The van der Waals surface area contributed by atoms with Gasteiger partial charge in [-0.15, -0.1) is 0 Å². The Morgan fingerprint density at radius 3 is 2.69 bits per heavy atom. The Bertz CT molecular complexity index is 1140. The molecule has 0 unspecified atom stereocenters. The molecule has 0 aliphatic heterocycles. The number of H-pyrrole nitrogens is 1.